The number of nitrogens with zero attached hydrogens (tertiary/aromatic N) is 3. The smallest absolute Gasteiger partial charge is 0.387 e. The molecule has 0 aromatic carbocycles. The first kappa shape index (κ1) is 19.7. The molecule has 2 aromatic heterocycles. The van der Waals surface area contributed by atoms with E-state index in [-0.39, 0.29) is 11.4 Å². The van der Waals surface area contributed by atoms with Crippen LogP contribution in [-0.4, -0.2) is 27.7 Å². The third kappa shape index (κ3) is 4.63. The zero-order valence-corrected chi connectivity index (χ0v) is 15.7. The lowest BCUT2D eigenvalue weighted by Crippen LogP contribution is -2.28. The molecule has 0 unspecified atom stereocenters. The molecule has 0 saturated carbocycles. The summed E-state index contributed by atoms with van der Waals surface area (Å²) in [4.78, 5) is 25.9. The number of aromatic nitrogens is 2. The van der Waals surface area contributed by atoms with Gasteiger partial charge in [-0.05, 0) is 36.1 Å². The van der Waals surface area contributed by atoms with Gasteiger partial charge in [-0.2, -0.15) is 8.78 Å². The van der Waals surface area contributed by atoms with Crippen molar-refractivity contribution in [2.45, 2.75) is 25.5 Å². The number of amides is 1. The van der Waals surface area contributed by atoms with E-state index >= 15 is 0 Å². The molecule has 10 heteroatoms. The molecule has 0 spiro atoms. The number of halogens is 2. The molecule has 28 heavy (non-hydrogen) atoms. The minimum Gasteiger partial charge on any atom is -0.433 e. The highest BCUT2D eigenvalue weighted by Crippen LogP contribution is 2.39. The van der Waals surface area contributed by atoms with Gasteiger partial charge in [-0.1, -0.05) is 18.3 Å². The van der Waals surface area contributed by atoms with E-state index in [0.717, 1.165) is 11.1 Å². The van der Waals surface area contributed by atoms with Gasteiger partial charge in [-0.25, -0.2) is 9.98 Å². The Morgan fingerprint density at radius 1 is 1.39 bits per heavy atom. The second-order valence-corrected chi connectivity index (χ2v) is 7.38. The van der Waals surface area contributed by atoms with Crippen molar-refractivity contribution in [3.05, 3.63) is 59.5 Å². The second-order valence-electron chi connectivity index (χ2n) is 6.18. The number of carbonyl (C=O) groups is 1. The summed E-state index contributed by atoms with van der Waals surface area (Å²) in [5, 5.41) is 3.11. The summed E-state index contributed by atoms with van der Waals surface area (Å²) in [6.45, 7) is 2.90. The van der Waals surface area contributed by atoms with Crippen LogP contribution in [0, 0.1) is 0 Å². The lowest BCUT2D eigenvalue weighted by atomic mass is 9.93. The van der Waals surface area contributed by atoms with Gasteiger partial charge >= 0.3 is 6.61 Å². The number of anilines is 1. The summed E-state index contributed by atoms with van der Waals surface area (Å²) in [5.74, 6) is -0.631. The summed E-state index contributed by atoms with van der Waals surface area (Å²) in [7, 11) is 0. The van der Waals surface area contributed by atoms with Crippen molar-refractivity contribution in [3.8, 4) is 5.75 Å². The highest BCUT2D eigenvalue weighted by molar-refractivity contribution is 8.17. The van der Waals surface area contributed by atoms with E-state index in [1.165, 1.54) is 23.9 Å². The van der Waals surface area contributed by atoms with Gasteiger partial charge in [0.15, 0.2) is 5.17 Å². The van der Waals surface area contributed by atoms with E-state index in [4.69, 9.17) is 5.73 Å². The van der Waals surface area contributed by atoms with Crippen LogP contribution in [0.2, 0.25) is 0 Å². The van der Waals surface area contributed by atoms with Crippen molar-refractivity contribution >= 4 is 28.5 Å². The molecular formula is C18H17F2N5O2S. The Balaban J connectivity index is 1.77. The molecule has 7 nitrogen and oxygen atoms in total. The number of amidine groups is 1. The monoisotopic (exact) mass is 405 g/mol. The first-order valence-corrected chi connectivity index (χ1v) is 8.96. The quantitative estimate of drug-likeness (QED) is 0.789. The van der Waals surface area contributed by atoms with Crippen molar-refractivity contribution in [2.75, 3.05) is 5.32 Å². The van der Waals surface area contributed by atoms with Crippen LogP contribution in [0.15, 0.2) is 53.1 Å². The molecule has 1 aliphatic rings. The normalized spacial score (nSPS) is 19.3. The number of pyridine rings is 2. The molecule has 2 aromatic rings. The Labute approximate surface area is 164 Å². The van der Waals surface area contributed by atoms with Crippen LogP contribution < -0.4 is 15.8 Å². The predicted octanol–water partition coefficient (Wildman–Crippen LogP) is 3.51. The number of ether oxygens (including phenoxy) is 1. The Hall–Kier alpha value is -3.01. The fraction of sp³-hybridized carbons (Fsp3) is 0.222. The SMILES string of the molecule is C=C1C[C@@](C)(c2cc(NC(=O)c3ccc(OC(F)F)cn3)ccn2)N=C(N)S1. The standard InChI is InChI=1S/C18H17F2N5O2S/c1-10-8-18(2,25-17(21)28-10)14-7-11(5-6-22-14)24-15(26)13-4-3-12(9-23-13)27-16(19)20/h3-7,9,16H,1,8H2,2H3,(H2,21,25)(H,22,24,26)/t18-/m0/s1. The Morgan fingerprint density at radius 3 is 2.82 bits per heavy atom. The van der Waals surface area contributed by atoms with Gasteiger partial charge in [0.25, 0.3) is 5.91 Å². The second kappa shape index (κ2) is 7.93. The molecular weight excluding hydrogens is 388 g/mol. The maximum atomic E-state index is 12.4. The molecule has 3 heterocycles. The molecule has 0 saturated heterocycles. The van der Waals surface area contributed by atoms with Crippen molar-refractivity contribution in [1.29, 1.82) is 0 Å². The number of thioether (sulfide) groups is 1. The van der Waals surface area contributed by atoms with E-state index in [1.54, 1.807) is 18.3 Å². The van der Waals surface area contributed by atoms with Gasteiger partial charge in [0, 0.05) is 18.3 Å². The van der Waals surface area contributed by atoms with Crippen LogP contribution >= 0.6 is 11.8 Å². The minimum absolute atomic E-state index is 0.0518. The van der Waals surface area contributed by atoms with Gasteiger partial charge in [0.1, 0.15) is 17.0 Å². The molecule has 0 aliphatic carbocycles. The van der Waals surface area contributed by atoms with Crippen molar-refractivity contribution in [3.63, 3.8) is 0 Å². The number of alkyl halides is 2. The molecule has 1 aliphatic heterocycles. The largest absolute Gasteiger partial charge is 0.433 e. The van der Waals surface area contributed by atoms with Crippen LogP contribution in [0.5, 0.6) is 5.75 Å². The number of nitrogens with two attached hydrogens (primary N) is 1. The van der Waals surface area contributed by atoms with Crippen molar-refractivity contribution in [2.24, 2.45) is 10.7 Å². The maximum Gasteiger partial charge on any atom is 0.387 e. The van der Waals surface area contributed by atoms with E-state index < -0.39 is 18.1 Å². The first-order chi connectivity index (χ1) is 13.2. The summed E-state index contributed by atoms with van der Waals surface area (Å²) in [6.07, 6.45) is 3.18. The van der Waals surface area contributed by atoms with Crippen LogP contribution in [0.3, 0.4) is 0 Å². The number of carbonyl (C=O) groups excluding carboxylic acids is 1. The zero-order valence-electron chi connectivity index (χ0n) is 14.9. The summed E-state index contributed by atoms with van der Waals surface area (Å²) >= 11 is 1.33. The third-order valence-electron chi connectivity index (χ3n) is 3.91. The Morgan fingerprint density at radius 2 is 2.18 bits per heavy atom. The third-order valence-corrected chi connectivity index (χ3v) is 4.64. The molecule has 0 fully saturated rings. The van der Waals surface area contributed by atoms with Gasteiger partial charge in [-0.3, -0.25) is 9.78 Å². The van der Waals surface area contributed by atoms with Crippen molar-refractivity contribution in [1.82, 2.24) is 9.97 Å². The topological polar surface area (TPSA) is 102 Å². The van der Waals surface area contributed by atoms with Gasteiger partial charge < -0.3 is 15.8 Å². The van der Waals surface area contributed by atoms with Crippen LogP contribution in [0.4, 0.5) is 14.5 Å². The van der Waals surface area contributed by atoms with E-state index in [2.05, 4.69) is 31.6 Å². The van der Waals surface area contributed by atoms with Crippen molar-refractivity contribution < 1.29 is 18.3 Å². The van der Waals surface area contributed by atoms with Gasteiger partial charge in [-0.15, -0.1) is 0 Å². The minimum atomic E-state index is -2.95. The first-order valence-electron chi connectivity index (χ1n) is 8.15. The van der Waals surface area contributed by atoms with Crippen LogP contribution in [0.25, 0.3) is 0 Å². The van der Waals surface area contributed by atoms with E-state index in [9.17, 15) is 13.6 Å². The predicted molar refractivity (Wildman–Crippen MR) is 103 cm³/mol. The lowest BCUT2D eigenvalue weighted by molar-refractivity contribution is -0.0500. The van der Waals surface area contributed by atoms with E-state index in [1.807, 2.05) is 6.92 Å². The molecule has 3 rings (SSSR count). The number of aliphatic imine (C=N–C) groups is 1. The Bertz CT molecular complexity index is 936. The van der Waals surface area contributed by atoms with Crippen LogP contribution in [0.1, 0.15) is 29.5 Å². The van der Waals surface area contributed by atoms with E-state index in [0.29, 0.717) is 23.0 Å². The fourth-order valence-electron chi connectivity index (χ4n) is 2.71. The lowest BCUT2D eigenvalue weighted by Gasteiger charge is -2.30. The fourth-order valence-corrected chi connectivity index (χ4v) is 3.60. The highest BCUT2D eigenvalue weighted by atomic mass is 32.2. The average Bonchev–Trinajstić information content (AvgIpc) is 2.61. The molecule has 0 bridgehead atoms. The zero-order chi connectivity index (χ0) is 20.3. The maximum absolute atomic E-state index is 12.4. The number of hydrogen-bond donors (Lipinski definition) is 2. The summed E-state index contributed by atoms with van der Waals surface area (Å²) < 4.78 is 28.6. The summed E-state index contributed by atoms with van der Waals surface area (Å²) in [5.41, 5.74) is 6.35. The van der Waals surface area contributed by atoms with Crippen LogP contribution in [-0.2, 0) is 5.54 Å². The highest BCUT2D eigenvalue weighted by Gasteiger charge is 2.33. The molecule has 0 radical (unpaired) electrons. The molecule has 3 N–H and O–H groups in total. The molecule has 1 atom stereocenters. The molecule has 146 valence electrons. The number of nitrogens with one attached hydrogen (secondary N) is 1. The number of hydrogen-bond acceptors (Lipinski definition) is 7. The average molecular weight is 405 g/mol. The molecule has 1 amide bonds. The van der Waals surface area contributed by atoms with Gasteiger partial charge in [0.2, 0.25) is 0 Å². The van der Waals surface area contributed by atoms with Gasteiger partial charge in [0.05, 0.1) is 11.9 Å². The Kier molecular flexibility index (Phi) is 5.59. The number of rotatable bonds is 5. The summed E-state index contributed by atoms with van der Waals surface area (Å²) in [6, 6.07) is 5.87.